The minimum Gasteiger partial charge on any atom is -0.376 e. The highest BCUT2D eigenvalue weighted by atomic mass is 16.5. The Balaban J connectivity index is 1.34. The van der Waals surface area contributed by atoms with Crippen LogP contribution in [-0.4, -0.2) is 61.9 Å². The predicted molar refractivity (Wildman–Crippen MR) is 89.4 cm³/mol. The van der Waals surface area contributed by atoms with Crippen molar-refractivity contribution >= 4 is 5.91 Å². The molecular formula is C18H32N2O3. The van der Waals surface area contributed by atoms with Gasteiger partial charge in [0, 0.05) is 25.2 Å². The van der Waals surface area contributed by atoms with Crippen molar-refractivity contribution in [3.8, 4) is 0 Å². The Bertz CT molecular complexity index is 365. The number of likely N-dealkylation sites (tertiary alicyclic amines) is 1. The van der Waals surface area contributed by atoms with Gasteiger partial charge >= 0.3 is 0 Å². The maximum absolute atomic E-state index is 12.1. The summed E-state index contributed by atoms with van der Waals surface area (Å²) in [6.07, 6.45) is 11.5. The molecule has 1 aliphatic carbocycles. The average Bonchev–Trinajstić information content (AvgIpc) is 3.09. The molecule has 3 fully saturated rings. The first-order valence-corrected chi connectivity index (χ1v) is 9.54. The minimum atomic E-state index is 0.0264. The summed E-state index contributed by atoms with van der Waals surface area (Å²) in [6.45, 7) is 3.76. The van der Waals surface area contributed by atoms with E-state index in [0.717, 1.165) is 38.5 Å². The van der Waals surface area contributed by atoms with Crippen LogP contribution in [0.15, 0.2) is 0 Å². The first-order valence-electron chi connectivity index (χ1n) is 9.54. The monoisotopic (exact) mass is 324 g/mol. The molecule has 5 nitrogen and oxygen atoms in total. The summed E-state index contributed by atoms with van der Waals surface area (Å²) >= 11 is 0. The van der Waals surface area contributed by atoms with E-state index >= 15 is 0 Å². The van der Waals surface area contributed by atoms with Gasteiger partial charge in [-0.05, 0) is 45.1 Å². The molecule has 23 heavy (non-hydrogen) atoms. The fraction of sp³-hybridized carbons (Fsp3) is 0.944. The highest BCUT2D eigenvalue weighted by molar-refractivity contribution is 5.77. The number of piperidine rings is 1. The van der Waals surface area contributed by atoms with Gasteiger partial charge in [0.2, 0.25) is 5.91 Å². The molecule has 3 aliphatic rings. The van der Waals surface area contributed by atoms with Crippen LogP contribution >= 0.6 is 0 Å². The van der Waals surface area contributed by atoms with E-state index in [9.17, 15) is 4.79 Å². The zero-order chi connectivity index (χ0) is 15.9. The summed E-state index contributed by atoms with van der Waals surface area (Å²) in [4.78, 5) is 14.7. The van der Waals surface area contributed by atoms with Crippen molar-refractivity contribution in [2.24, 2.45) is 0 Å². The molecule has 0 aromatic heterocycles. The van der Waals surface area contributed by atoms with Crippen LogP contribution in [0, 0.1) is 0 Å². The molecule has 3 rings (SSSR count). The van der Waals surface area contributed by atoms with Gasteiger partial charge in [-0.2, -0.15) is 0 Å². The SMILES string of the molecule is O=C(COC[C@@H]1CCCO1)N[C@H]1CCCN(C2CCCCC2)C1. The van der Waals surface area contributed by atoms with E-state index in [0.29, 0.717) is 12.6 Å². The van der Waals surface area contributed by atoms with Crippen molar-refractivity contribution in [2.45, 2.75) is 76.0 Å². The van der Waals surface area contributed by atoms with Crippen LogP contribution in [0.5, 0.6) is 0 Å². The summed E-state index contributed by atoms with van der Waals surface area (Å²) in [7, 11) is 0. The van der Waals surface area contributed by atoms with Gasteiger partial charge in [-0.15, -0.1) is 0 Å². The second-order valence-electron chi connectivity index (χ2n) is 7.34. The Kier molecular flexibility index (Phi) is 6.72. The molecule has 132 valence electrons. The van der Waals surface area contributed by atoms with E-state index in [2.05, 4.69) is 10.2 Å². The van der Waals surface area contributed by atoms with Crippen LogP contribution < -0.4 is 5.32 Å². The first kappa shape index (κ1) is 17.2. The van der Waals surface area contributed by atoms with Crippen molar-refractivity contribution in [1.29, 1.82) is 0 Å². The zero-order valence-corrected chi connectivity index (χ0v) is 14.3. The summed E-state index contributed by atoms with van der Waals surface area (Å²) < 4.78 is 11.0. The number of carbonyl (C=O) groups is 1. The maximum atomic E-state index is 12.1. The van der Waals surface area contributed by atoms with Crippen molar-refractivity contribution in [1.82, 2.24) is 10.2 Å². The van der Waals surface area contributed by atoms with Gasteiger partial charge in [0.05, 0.1) is 12.7 Å². The second-order valence-corrected chi connectivity index (χ2v) is 7.34. The average molecular weight is 324 g/mol. The molecule has 2 atom stereocenters. The number of hydrogen-bond donors (Lipinski definition) is 1. The molecule has 5 heteroatoms. The summed E-state index contributed by atoms with van der Waals surface area (Å²) in [5.74, 6) is 0.0264. The molecule has 2 saturated heterocycles. The lowest BCUT2D eigenvalue weighted by atomic mass is 9.92. The third kappa shape index (κ3) is 5.44. The van der Waals surface area contributed by atoms with Gasteiger partial charge < -0.3 is 14.8 Å². The zero-order valence-electron chi connectivity index (χ0n) is 14.3. The molecule has 0 bridgehead atoms. The second kappa shape index (κ2) is 9.00. The molecule has 2 aliphatic heterocycles. The fourth-order valence-electron chi connectivity index (χ4n) is 4.23. The molecule has 0 spiro atoms. The van der Waals surface area contributed by atoms with Crippen LogP contribution in [0.3, 0.4) is 0 Å². The van der Waals surface area contributed by atoms with Crippen LogP contribution in [0.4, 0.5) is 0 Å². The van der Waals surface area contributed by atoms with E-state index in [1.54, 1.807) is 0 Å². The Hall–Kier alpha value is -0.650. The van der Waals surface area contributed by atoms with Crippen molar-refractivity contribution < 1.29 is 14.3 Å². The van der Waals surface area contributed by atoms with Gasteiger partial charge in [0.25, 0.3) is 0 Å². The standard InChI is InChI=1S/C18H32N2O3/c21-18(14-22-13-17-9-5-11-23-17)19-15-6-4-10-20(12-15)16-7-2-1-3-8-16/h15-17H,1-14H2,(H,19,21)/t15-,17-/m0/s1. The molecule has 2 heterocycles. The predicted octanol–water partition coefficient (Wildman–Crippen LogP) is 2.10. The number of nitrogens with zero attached hydrogens (tertiary/aromatic N) is 1. The molecule has 0 unspecified atom stereocenters. The van der Waals surface area contributed by atoms with E-state index in [1.807, 2.05) is 0 Å². The topological polar surface area (TPSA) is 50.8 Å². The lowest BCUT2D eigenvalue weighted by Gasteiger charge is -2.40. The molecule has 1 saturated carbocycles. The van der Waals surface area contributed by atoms with Crippen LogP contribution in [-0.2, 0) is 14.3 Å². The third-order valence-electron chi connectivity index (χ3n) is 5.47. The lowest BCUT2D eigenvalue weighted by molar-refractivity contribution is -0.128. The Labute approximate surface area is 140 Å². The van der Waals surface area contributed by atoms with Crippen LogP contribution in [0.25, 0.3) is 0 Å². The molecule has 1 amide bonds. The fourth-order valence-corrected chi connectivity index (χ4v) is 4.23. The van der Waals surface area contributed by atoms with Crippen LogP contribution in [0.1, 0.15) is 57.8 Å². The highest BCUT2D eigenvalue weighted by Gasteiger charge is 2.27. The normalized spacial score (nSPS) is 30.4. The first-order chi connectivity index (χ1) is 11.3. The molecular weight excluding hydrogens is 292 g/mol. The summed E-state index contributed by atoms with van der Waals surface area (Å²) in [6, 6.07) is 1.05. The van der Waals surface area contributed by atoms with Crippen LogP contribution in [0.2, 0.25) is 0 Å². The van der Waals surface area contributed by atoms with Gasteiger partial charge in [-0.25, -0.2) is 0 Å². The number of rotatable bonds is 6. The Morgan fingerprint density at radius 2 is 1.96 bits per heavy atom. The van der Waals surface area contributed by atoms with Crippen molar-refractivity contribution in [3.05, 3.63) is 0 Å². The largest absolute Gasteiger partial charge is 0.376 e. The molecule has 0 aromatic rings. The number of hydrogen-bond acceptors (Lipinski definition) is 4. The van der Waals surface area contributed by atoms with Gasteiger partial charge in [-0.3, -0.25) is 9.69 Å². The van der Waals surface area contributed by atoms with Gasteiger partial charge in [0.1, 0.15) is 6.61 Å². The van der Waals surface area contributed by atoms with Gasteiger partial charge in [-0.1, -0.05) is 19.3 Å². The molecule has 1 N–H and O–H groups in total. The smallest absolute Gasteiger partial charge is 0.246 e. The number of carbonyl (C=O) groups excluding carboxylic acids is 1. The maximum Gasteiger partial charge on any atom is 0.246 e. The number of nitrogens with one attached hydrogen (secondary N) is 1. The Morgan fingerprint density at radius 1 is 1.09 bits per heavy atom. The summed E-state index contributed by atoms with van der Waals surface area (Å²) in [5.41, 5.74) is 0. The highest BCUT2D eigenvalue weighted by Crippen LogP contribution is 2.25. The van der Waals surface area contributed by atoms with Crippen molar-refractivity contribution in [3.63, 3.8) is 0 Å². The van der Waals surface area contributed by atoms with E-state index in [4.69, 9.17) is 9.47 Å². The quantitative estimate of drug-likeness (QED) is 0.813. The van der Waals surface area contributed by atoms with E-state index in [-0.39, 0.29) is 18.6 Å². The minimum absolute atomic E-state index is 0.0264. The summed E-state index contributed by atoms with van der Waals surface area (Å²) in [5, 5.41) is 3.17. The number of amides is 1. The van der Waals surface area contributed by atoms with E-state index in [1.165, 1.54) is 45.1 Å². The Morgan fingerprint density at radius 3 is 2.74 bits per heavy atom. The van der Waals surface area contributed by atoms with E-state index < -0.39 is 0 Å². The molecule has 0 aromatic carbocycles. The third-order valence-corrected chi connectivity index (χ3v) is 5.47. The van der Waals surface area contributed by atoms with Crippen molar-refractivity contribution in [2.75, 3.05) is 32.9 Å². The van der Waals surface area contributed by atoms with Gasteiger partial charge in [0.15, 0.2) is 0 Å². The number of ether oxygens (including phenoxy) is 2. The lowest BCUT2D eigenvalue weighted by Crippen LogP contribution is -2.52. The molecule has 0 radical (unpaired) electrons.